The van der Waals surface area contributed by atoms with Gasteiger partial charge in [0.1, 0.15) is 5.75 Å². The number of ether oxygens (including phenoxy) is 1. The van der Waals surface area contributed by atoms with Gasteiger partial charge in [-0.25, -0.2) is 0 Å². The van der Waals surface area contributed by atoms with Crippen molar-refractivity contribution in [3.8, 4) is 5.75 Å². The molecule has 0 radical (unpaired) electrons. The molecule has 19 heavy (non-hydrogen) atoms. The van der Waals surface area contributed by atoms with Crippen LogP contribution in [0.2, 0.25) is 0 Å². The highest BCUT2D eigenvalue weighted by atomic mass is 16.5. The second-order valence-electron chi connectivity index (χ2n) is 5.36. The molecule has 0 aliphatic heterocycles. The van der Waals surface area contributed by atoms with Crippen molar-refractivity contribution in [3.05, 3.63) is 28.8 Å². The van der Waals surface area contributed by atoms with Crippen LogP contribution in [0, 0.1) is 19.3 Å². The minimum atomic E-state index is -0.888. The lowest BCUT2D eigenvalue weighted by atomic mass is 9.78. The van der Waals surface area contributed by atoms with E-state index >= 15 is 0 Å². The number of benzene rings is 1. The van der Waals surface area contributed by atoms with Gasteiger partial charge in [0.25, 0.3) is 0 Å². The lowest BCUT2D eigenvalue weighted by molar-refractivity contribution is -0.148. The molecule has 1 unspecified atom stereocenters. The Kier molecular flexibility index (Phi) is 4.58. The van der Waals surface area contributed by atoms with E-state index in [0.29, 0.717) is 0 Å². The maximum atomic E-state index is 11.4. The number of nitrogens with one attached hydrogen (secondary N) is 1. The molecule has 0 heterocycles. The highest BCUT2D eigenvalue weighted by Gasteiger charge is 2.37. The summed E-state index contributed by atoms with van der Waals surface area (Å²) in [4.78, 5) is 11.4. The summed E-state index contributed by atoms with van der Waals surface area (Å²) >= 11 is 0. The summed E-state index contributed by atoms with van der Waals surface area (Å²) in [5, 5.41) is 12.5. The average molecular weight is 265 g/mol. The molecule has 0 aliphatic carbocycles. The summed E-state index contributed by atoms with van der Waals surface area (Å²) in [6, 6.07) is 3.57. The van der Waals surface area contributed by atoms with E-state index in [0.717, 1.165) is 22.4 Å². The van der Waals surface area contributed by atoms with Crippen LogP contribution in [0.15, 0.2) is 12.1 Å². The van der Waals surface area contributed by atoms with Crippen molar-refractivity contribution in [3.63, 3.8) is 0 Å². The fourth-order valence-corrected chi connectivity index (χ4v) is 2.38. The standard InChI is InChI=1S/C15H23NO3/c1-9-10(2)12(19-6)8-7-11(9)13(16-5)15(3,4)14(17)18/h7-8,13,16H,1-6H3,(H,17,18). The first-order valence-corrected chi connectivity index (χ1v) is 6.32. The molecule has 2 N–H and O–H groups in total. The van der Waals surface area contributed by atoms with Crippen LogP contribution >= 0.6 is 0 Å². The predicted octanol–water partition coefficient (Wildman–Crippen LogP) is 2.68. The van der Waals surface area contributed by atoms with E-state index in [2.05, 4.69) is 5.32 Å². The van der Waals surface area contributed by atoms with E-state index in [1.165, 1.54) is 0 Å². The molecule has 1 aromatic rings. The Hall–Kier alpha value is -1.55. The normalized spacial score (nSPS) is 13.2. The monoisotopic (exact) mass is 265 g/mol. The summed E-state index contributed by atoms with van der Waals surface area (Å²) in [6.45, 7) is 7.44. The summed E-state index contributed by atoms with van der Waals surface area (Å²) in [5.41, 5.74) is 2.21. The number of hydrogen-bond acceptors (Lipinski definition) is 3. The van der Waals surface area contributed by atoms with Gasteiger partial charge < -0.3 is 15.2 Å². The Bertz CT molecular complexity index is 481. The highest BCUT2D eigenvalue weighted by molar-refractivity contribution is 5.75. The van der Waals surface area contributed by atoms with E-state index in [4.69, 9.17) is 4.74 Å². The molecule has 0 amide bonds. The quantitative estimate of drug-likeness (QED) is 0.859. The Morgan fingerprint density at radius 3 is 2.32 bits per heavy atom. The number of hydrogen-bond donors (Lipinski definition) is 2. The number of methoxy groups -OCH3 is 1. The van der Waals surface area contributed by atoms with Crippen LogP contribution in [0.25, 0.3) is 0 Å². The number of carboxylic acids is 1. The maximum absolute atomic E-state index is 11.4. The van der Waals surface area contributed by atoms with Crippen LogP contribution in [0.1, 0.15) is 36.6 Å². The first kappa shape index (κ1) is 15.5. The minimum Gasteiger partial charge on any atom is -0.496 e. The van der Waals surface area contributed by atoms with Gasteiger partial charge in [-0.1, -0.05) is 6.07 Å². The molecule has 4 heteroatoms. The molecule has 0 saturated heterocycles. The van der Waals surface area contributed by atoms with Crippen LogP contribution in [-0.2, 0) is 4.79 Å². The predicted molar refractivity (Wildman–Crippen MR) is 75.7 cm³/mol. The van der Waals surface area contributed by atoms with Crippen molar-refractivity contribution in [1.29, 1.82) is 0 Å². The molecule has 1 aromatic carbocycles. The topological polar surface area (TPSA) is 58.6 Å². The molecule has 0 fully saturated rings. The molecule has 1 rings (SSSR count). The smallest absolute Gasteiger partial charge is 0.311 e. The van der Waals surface area contributed by atoms with Crippen molar-refractivity contribution < 1.29 is 14.6 Å². The average Bonchev–Trinajstić information content (AvgIpc) is 2.35. The summed E-state index contributed by atoms with van der Waals surface area (Å²) in [7, 11) is 3.42. The van der Waals surface area contributed by atoms with E-state index in [1.807, 2.05) is 26.0 Å². The second kappa shape index (κ2) is 5.61. The lowest BCUT2D eigenvalue weighted by Gasteiger charge is -2.32. The fourth-order valence-electron chi connectivity index (χ4n) is 2.38. The second-order valence-corrected chi connectivity index (χ2v) is 5.36. The molecule has 106 valence electrons. The van der Waals surface area contributed by atoms with Crippen LogP contribution in [0.4, 0.5) is 0 Å². The highest BCUT2D eigenvalue weighted by Crippen LogP contribution is 2.37. The van der Waals surface area contributed by atoms with Crippen LogP contribution in [-0.4, -0.2) is 25.2 Å². The van der Waals surface area contributed by atoms with Crippen LogP contribution in [0.3, 0.4) is 0 Å². The van der Waals surface area contributed by atoms with Gasteiger partial charge in [0.05, 0.1) is 12.5 Å². The maximum Gasteiger partial charge on any atom is 0.311 e. The molecule has 4 nitrogen and oxygen atoms in total. The van der Waals surface area contributed by atoms with Gasteiger partial charge in [-0.3, -0.25) is 4.79 Å². The third-order valence-electron chi connectivity index (χ3n) is 3.87. The largest absolute Gasteiger partial charge is 0.496 e. The van der Waals surface area contributed by atoms with E-state index in [9.17, 15) is 9.90 Å². The molecule has 0 spiro atoms. The van der Waals surface area contributed by atoms with Gasteiger partial charge in [-0.15, -0.1) is 0 Å². The van der Waals surface area contributed by atoms with Gasteiger partial charge in [0.2, 0.25) is 0 Å². The van der Waals surface area contributed by atoms with Crippen molar-refractivity contribution >= 4 is 5.97 Å². The SMILES string of the molecule is CNC(c1ccc(OC)c(C)c1C)C(C)(C)C(=O)O. The molecular weight excluding hydrogens is 242 g/mol. The van der Waals surface area contributed by atoms with Gasteiger partial charge >= 0.3 is 5.97 Å². The third-order valence-corrected chi connectivity index (χ3v) is 3.87. The Balaban J connectivity index is 3.35. The van der Waals surface area contributed by atoms with Gasteiger partial charge in [-0.05, 0) is 57.5 Å². The van der Waals surface area contributed by atoms with Gasteiger partial charge in [0.15, 0.2) is 0 Å². The van der Waals surface area contributed by atoms with E-state index < -0.39 is 11.4 Å². The van der Waals surface area contributed by atoms with Crippen molar-refractivity contribution in [1.82, 2.24) is 5.32 Å². The number of rotatable bonds is 5. The zero-order valence-corrected chi connectivity index (χ0v) is 12.5. The zero-order chi connectivity index (χ0) is 14.8. The van der Waals surface area contributed by atoms with E-state index in [-0.39, 0.29) is 6.04 Å². The Labute approximate surface area is 114 Å². The molecule has 0 aromatic heterocycles. The number of aliphatic carboxylic acids is 1. The zero-order valence-electron chi connectivity index (χ0n) is 12.5. The van der Waals surface area contributed by atoms with Crippen molar-refractivity contribution in [2.75, 3.05) is 14.2 Å². The summed E-state index contributed by atoms with van der Waals surface area (Å²) < 4.78 is 5.29. The first-order valence-electron chi connectivity index (χ1n) is 6.32. The summed E-state index contributed by atoms with van der Waals surface area (Å²) in [5.74, 6) is 0.00366. The molecular formula is C15H23NO3. The minimum absolute atomic E-state index is 0.255. The van der Waals surface area contributed by atoms with Crippen LogP contribution in [0.5, 0.6) is 5.75 Å². The Morgan fingerprint density at radius 1 is 1.32 bits per heavy atom. The fraction of sp³-hybridized carbons (Fsp3) is 0.533. The van der Waals surface area contributed by atoms with Gasteiger partial charge in [-0.2, -0.15) is 0 Å². The molecule has 0 aliphatic rings. The Morgan fingerprint density at radius 2 is 1.89 bits per heavy atom. The molecule has 0 bridgehead atoms. The third kappa shape index (κ3) is 2.73. The van der Waals surface area contributed by atoms with E-state index in [1.54, 1.807) is 28.0 Å². The number of carboxylic acid groups (broad SMARTS) is 1. The first-order chi connectivity index (χ1) is 8.77. The molecule has 1 atom stereocenters. The van der Waals surface area contributed by atoms with Crippen molar-refractivity contribution in [2.24, 2.45) is 5.41 Å². The summed E-state index contributed by atoms with van der Waals surface area (Å²) in [6.07, 6.45) is 0. The lowest BCUT2D eigenvalue weighted by Crippen LogP contribution is -2.38. The number of carbonyl (C=O) groups is 1. The molecule has 0 saturated carbocycles. The van der Waals surface area contributed by atoms with Crippen LogP contribution < -0.4 is 10.1 Å². The van der Waals surface area contributed by atoms with Gasteiger partial charge in [0, 0.05) is 6.04 Å². The van der Waals surface area contributed by atoms with Crippen molar-refractivity contribution in [2.45, 2.75) is 33.7 Å².